The van der Waals surface area contributed by atoms with Gasteiger partial charge in [-0.3, -0.25) is 0 Å². The molecule has 2 rings (SSSR count). The first-order valence-electron chi connectivity index (χ1n) is 8.69. The summed E-state index contributed by atoms with van der Waals surface area (Å²) in [4.78, 5) is 12.2. The van der Waals surface area contributed by atoms with Gasteiger partial charge in [-0.15, -0.1) is 0 Å². The molecule has 3 atom stereocenters. The van der Waals surface area contributed by atoms with E-state index in [1.165, 1.54) is 0 Å². The van der Waals surface area contributed by atoms with E-state index in [9.17, 15) is 4.79 Å². The number of carbonyl (C=O) groups excluding carboxylic acids is 1. The van der Waals surface area contributed by atoms with Crippen LogP contribution in [0, 0.1) is 11.3 Å². The molecule has 2 amide bonds. The summed E-state index contributed by atoms with van der Waals surface area (Å²) in [6.45, 7) is 10.1. The summed E-state index contributed by atoms with van der Waals surface area (Å²) < 4.78 is 7.01. The van der Waals surface area contributed by atoms with Gasteiger partial charge in [0, 0.05) is 23.5 Å². The number of amides is 2. The zero-order chi connectivity index (χ0) is 17.7. The number of halogens is 1. The minimum atomic E-state index is -0.122. The molecule has 0 bridgehead atoms. The maximum Gasteiger partial charge on any atom is 0.315 e. The van der Waals surface area contributed by atoms with Crippen molar-refractivity contribution in [1.82, 2.24) is 10.6 Å². The molecule has 1 heterocycles. The van der Waals surface area contributed by atoms with Gasteiger partial charge in [0.05, 0.1) is 12.1 Å². The Morgan fingerprint density at radius 1 is 1.33 bits per heavy atom. The van der Waals surface area contributed by atoms with Crippen molar-refractivity contribution in [2.45, 2.75) is 52.7 Å². The minimum absolute atomic E-state index is 0.0286. The van der Waals surface area contributed by atoms with Gasteiger partial charge in [0.25, 0.3) is 0 Å². The molecule has 0 spiro atoms. The Labute approximate surface area is 153 Å². The molecule has 1 aliphatic rings. The average Bonchev–Trinajstić information content (AvgIpc) is 2.53. The van der Waals surface area contributed by atoms with Gasteiger partial charge in [0.15, 0.2) is 0 Å². The van der Waals surface area contributed by atoms with Gasteiger partial charge in [0.2, 0.25) is 0 Å². The number of ether oxygens (including phenoxy) is 1. The summed E-state index contributed by atoms with van der Waals surface area (Å²) in [6.07, 6.45) is 2.36. The monoisotopic (exact) mass is 396 g/mol. The molecule has 134 valence electrons. The number of carbonyl (C=O) groups is 1. The van der Waals surface area contributed by atoms with Crippen LogP contribution in [0.25, 0.3) is 0 Å². The molecule has 3 unspecified atom stereocenters. The fourth-order valence-electron chi connectivity index (χ4n) is 3.32. The molecule has 0 radical (unpaired) electrons. The van der Waals surface area contributed by atoms with Crippen LogP contribution in [0.2, 0.25) is 0 Å². The second-order valence-electron chi connectivity index (χ2n) is 7.69. The zero-order valence-electron chi connectivity index (χ0n) is 15.1. The second kappa shape index (κ2) is 8.34. The van der Waals surface area contributed by atoms with Crippen molar-refractivity contribution in [3.05, 3.63) is 34.3 Å². The van der Waals surface area contributed by atoms with Crippen molar-refractivity contribution < 1.29 is 9.53 Å². The summed E-state index contributed by atoms with van der Waals surface area (Å²) in [5.74, 6) is 0.368. The fourth-order valence-corrected chi connectivity index (χ4v) is 3.58. The molecule has 1 aliphatic heterocycles. The maximum absolute atomic E-state index is 12.2. The van der Waals surface area contributed by atoms with Crippen LogP contribution in [0.3, 0.4) is 0 Å². The van der Waals surface area contributed by atoms with Crippen molar-refractivity contribution in [2.24, 2.45) is 11.3 Å². The highest BCUT2D eigenvalue weighted by molar-refractivity contribution is 9.10. The van der Waals surface area contributed by atoms with Gasteiger partial charge in [-0.25, -0.2) is 4.79 Å². The van der Waals surface area contributed by atoms with E-state index in [1.807, 2.05) is 31.2 Å². The van der Waals surface area contributed by atoms with Crippen LogP contribution in [0.15, 0.2) is 28.7 Å². The molecular formula is C19H29BrN2O2. The molecule has 1 aromatic rings. The molecule has 24 heavy (non-hydrogen) atoms. The largest absolute Gasteiger partial charge is 0.377 e. The first-order valence-corrected chi connectivity index (χ1v) is 9.48. The molecule has 1 saturated heterocycles. The topological polar surface area (TPSA) is 50.4 Å². The predicted molar refractivity (Wildman–Crippen MR) is 101 cm³/mol. The molecule has 1 aromatic carbocycles. The number of rotatable bonds is 4. The Kier molecular flexibility index (Phi) is 6.70. The Morgan fingerprint density at radius 2 is 2.00 bits per heavy atom. The SMILES string of the molecule is CC(NC(=O)NCC1CCCOC1C(C)(C)C)c1ccc(Br)cc1. The first kappa shape index (κ1) is 19.3. The number of hydrogen-bond acceptors (Lipinski definition) is 2. The Morgan fingerprint density at radius 3 is 2.62 bits per heavy atom. The lowest BCUT2D eigenvalue weighted by atomic mass is 9.78. The first-order chi connectivity index (χ1) is 11.3. The lowest BCUT2D eigenvalue weighted by Gasteiger charge is -2.40. The highest BCUT2D eigenvalue weighted by atomic mass is 79.9. The average molecular weight is 397 g/mol. The lowest BCUT2D eigenvalue weighted by Crippen LogP contribution is -2.47. The van der Waals surface area contributed by atoms with Crippen LogP contribution >= 0.6 is 15.9 Å². The van der Waals surface area contributed by atoms with E-state index in [4.69, 9.17) is 4.74 Å². The third kappa shape index (κ3) is 5.49. The van der Waals surface area contributed by atoms with Crippen molar-refractivity contribution in [3.8, 4) is 0 Å². The smallest absolute Gasteiger partial charge is 0.315 e. The predicted octanol–water partition coefficient (Wildman–Crippen LogP) is 4.65. The van der Waals surface area contributed by atoms with E-state index in [1.54, 1.807) is 0 Å². The van der Waals surface area contributed by atoms with Crippen molar-refractivity contribution in [2.75, 3.05) is 13.2 Å². The summed E-state index contributed by atoms with van der Waals surface area (Å²) in [6, 6.07) is 7.85. The van der Waals surface area contributed by atoms with Gasteiger partial charge in [-0.2, -0.15) is 0 Å². The highest BCUT2D eigenvalue weighted by Gasteiger charge is 2.35. The summed E-state index contributed by atoms with van der Waals surface area (Å²) in [5, 5.41) is 6.03. The van der Waals surface area contributed by atoms with Crippen LogP contribution in [-0.2, 0) is 4.74 Å². The third-order valence-electron chi connectivity index (χ3n) is 4.54. The van der Waals surface area contributed by atoms with Crippen LogP contribution in [-0.4, -0.2) is 25.3 Å². The molecule has 1 fully saturated rings. The maximum atomic E-state index is 12.2. The number of benzene rings is 1. The second-order valence-corrected chi connectivity index (χ2v) is 8.60. The lowest BCUT2D eigenvalue weighted by molar-refractivity contribution is -0.0838. The summed E-state index contributed by atoms with van der Waals surface area (Å²) in [7, 11) is 0. The van der Waals surface area contributed by atoms with E-state index in [-0.39, 0.29) is 23.6 Å². The van der Waals surface area contributed by atoms with Crippen molar-refractivity contribution in [3.63, 3.8) is 0 Å². The van der Waals surface area contributed by atoms with Gasteiger partial charge in [-0.05, 0) is 42.9 Å². The van der Waals surface area contributed by atoms with Gasteiger partial charge < -0.3 is 15.4 Å². The standard InChI is InChI=1S/C19H29BrN2O2/c1-13(14-7-9-16(20)10-8-14)22-18(23)21-12-15-6-5-11-24-17(15)19(2,3)4/h7-10,13,15,17H,5-6,11-12H2,1-4H3,(H2,21,22,23). The van der Waals surface area contributed by atoms with Gasteiger partial charge >= 0.3 is 6.03 Å². The van der Waals surface area contributed by atoms with Crippen molar-refractivity contribution >= 4 is 22.0 Å². The Hall–Kier alpha value is -1.07. The van der Waals surface area contributed by atoms with Crippen molar-refractivity contribution in [1.29, 1.82) is 0 Å². The summed E-state index contributed by atoms with van der Waals surface area (Å²) in [5.41, 5.74) is 1.18. The molecule has 5 heteroatoms. The van der Waals surface area contributed by atoms with E-state index in [0.717, 1.165) is 29.5 Å². The number of nitrogens with one attached hydrogen (secondary N) is 2. The fraction of sp³-hybridized carbons (Fsp3) is 0.632. The molecular weight excluding hydrogens is 368 g/mol. The van der Waals surface area contributed by atoms with Gasteiger partial charge in [-0.1, -0.05) is 48.8 Å². The zero-order valence-corrected chi connectivity index (χ0v) is 16.7. The van der Waals surface area contributed by atoms with Crippen LogP contribution in [0.4, 0.5) is 4.79 Å². The quantitative estimate of drug-likeness (QED) is 0.777. The van der Waals surface area contributed by atoms with Crippen LogP contribution in [0.5, 0.6) is 0 Å². The molecule has 4 nitrogen and oxygen atoms in total. The van der Waals surface area contributed by atoms with E-state index in [2.05, 4.69) is 47.3 Å². The minimum Gasteiger partial charge on any atom is -0.377 e. The number of hydrogen-bond donors (Lipinski definition) is 2. The normalized spacial score (nSPS) is 22.7. The van der Waals surface area contributed by atoms with Crippen LogP contribution in [0.1, 0.15) is 52.1 Å². The summed E-state index contributed by atoms with van der Waals surface area (Å²) >= 11 is 3.42. The molecule has 2 N–H and O–H groups in total. The highest BCUT2D eigenvalue weighted by Crippen LogP contribution is 2.33. The molecule has 0 saturated carbocycles. The van der Waals surface area contributed by atoms with E-state index >= 15 is 0 Å². The number of urea groups is 1. The molecule has 0 aromatic heterocycles. The van der Waals surface area contributed by atoms with Crippen LogP contribution < -0.4 is 10.6 Å². The van der Waals surface area contributed by atoms with E-state index < -0.39 is 0 Å². The third-order valence-corrected chi connectivity index (χ3v) is 5.07. The van der Waals surface area contributed by atoms with E-state index in [0.29, 0.717) is 12.5 Å². The molecule has 0 aliphatic carbocycles. The Bertz CT molecular complexity index is 539. The Balaban J connectivity index is 1.84. The van der Waals surface area contributed by atoms with Gasteiger partial charge in [0.1, 0.15) is 0 Å².